The Morgan fingerprint density at radius 3 is 2.62 bits per heavy atom. The van der Waals surface area contributed by atoms with Gasteiger partial charge in [-0.05, 0) is 13.0 Å². The number of pyridine rings is 1. The molecule has 0 atom stereocenters. The van der Waals surface area contributed by atoms with Crippen molar-refractivity contribution in [2.24, 2.45) is 0 Å². The summed E-state index contributed by atoms with van der Waals surface area (Å²) in [6.07, 6.45) is -2.51. The summed E-state index contributed by atoms with van der Waals surface area (Å²) in [7, 11) is 0. The molecule has 72 valence electrons. The van der Waals surface area contributed by atoms with Crippen LogP contribution in [0.1, 0.15) is 23.4 Å². The molecule has 13 heavy (non-hydrogen) atoms. The molecule has 0 fully saturated rings. The molecule has 0 saturated carbocycles. The highest BCUT2D eigenvalue weighted by Gasteiger charge is 2.16. The largest absolute Gasteiger partial charge is 0.266 e. The lowest BCUT2D eigenvalue weighted by molar-refractivity contribution is 0.149. The van der Waals surface area contributed by atoms with E-state index < -0.39 is 6.43 Å². The van der Waals surface area contributed by atoms with Crippen molar-refractivity contribution in [2.45, 2.75) is 19.2 Å². The number of rotatable bonds is 2. The Labute approximate surface area is 88.2 Å². The molecule has 1 nitrogen and oxygen atoms in total. The fourth-order valence-corrected chi connectivity index (χ4v) is 1.90. The van der Waals surface area contributed by atoms with Crippen LogP contribution in [0.4, 0.5) is 8.78 Å². The van der Waals surface area contributed by atoms with E-state index >= 15 is 0 Å². The van der Waals surface area contributed by atoms with E-state index in [9.17, 15) is 8.78 Å². The number of hydrogen-bond acceptors (Lipinski definition) is 1. The molecule has 0 aliphatic heterocycles. The molecule has 0 aliphatic carbocycles. The normalized spacial score (nSPS) is 10.9. The number of aromatic nitrogens is 1. The molecule has 0 bridgehead atoms. The van der Waals surface area contributed by atoms with Crippen LogP contribution in [-0.4, -0.2) is 4.98 Å². The predicted octanol–water partition coefficient (Wildman–Crippen LogP) is 3.83. The lowest BCUT2D eigenvalue weighted by Gasteiger charge is -2.08. The molecule has 1 aromatic rings. The number of halogens is 4. The van der Waals surface area contributed by atoms with Crippen molar-refractivity contribution >= 4 is 27.5 Å². The monoisotopic (exact) mass is 269 g/mol. The van der Waals surface area contributed by atoms with Crippen LogP contribution < -0.4 is 0 Å². The van der Waals surface area contributed by atoms with E-state index in [4.69, 9.17) is 11.6 Å². The minimum Gasteiger partial charge on any atom is -0.256 e. The number of aryl methyl sites for hydroxylation is 1. The fourth-order valence-electron chi connectivity index (χ4n) is 1.04. The zero-order chi connectivity index (χ0) is 10.0. The molecule has 0 radical (unpaired) electrons. The third-order valence-electron chi connectivity index (χ3n) is 1.61. The molecular formula is C8H7BrClF2N. The second-order valence-electron chi connectivity index (χ2n) is 2.53. The van der Waals surface area contributed by atoms with Crippen molar-refractivity contribution in [2.75, 3.05) is 0 Å². The fraction of sp³-hybridized carbons (Fsp3) is 0.375. The van der Waals surface area contributed by atoms with Crippen LogP contribution in [0.5, 0.6) is 0 Å². The van der Waals surface area contributed by atoms with E-state index in [-0.39, 0.29) is 11.4 Å². The smallest absolute Gasteiger partial charge is 0.256 e. The van der Waals surface area contributed by atoms with Gasteiger partial charge in [0.2, 0.25) is 0 Å². The summed E-state index contributed by atoms with van der Waals surface area (Å²) in [5.74, 6) is 0.225. The van der Waals surface area contributed by atoms with Crippen LogP contribution in [0.2, 0.25) is 0 Å². The van der Waals surface area contributed by atoms with Crippen molar-refractivity contribution in [3.8, 4) is 0 Å². The Kier molecular flexibility index (Phi) is 3.62. The van der Waals surface area contributed by atoms with Crippen LogP contribution in [0.15, 0.2) is 10.5 Å². The highest BCUT2D eigenvalue weighted by Crippen LogP contribution is 2.30. The van der Waals surface area contributed by atoms with E-state index in [1.165, 1.54) is 6.07 Å². The van der Waals surface area contributed by atoms with Crippen LogP contribution in [0.3, 0.4) is 0 Å². The van der Waals surface area contributed by atoms with Gasteiger partial charge in [-0.15, -0.1) is 11.6 Å². The Balaban J connectivity index is 3.23. The van der Waals surface area contributed by atoms with Gasteiger partial charge in [0.25, 0.3) is 6.43 Å². The molecule has 0 unspecified atom stereocenters. The minimum absolute atomic E-state index is 0.0612. The van der Waals surface area contributed by atoms with Crippen LogP contribution in [0, 0.1) is 6.92 Å². The van der Waals surface area contributed by atoms with E-state index in [1.807, 2.05) is 0 Å². The van der Waals surface area contributed by atoms with Gasteiger partial charge in [0, 0.05) is 10.2 Å². The summed E-state index contributed by atoms with van der Waals surface area (Å²) in [6, 6.07) is 1.52. The van der Waals surface area contributed by atoms with Crippen LogP contribution in [-0.2, 0) is 5.88 Å². The zero-order valence-corrected chi connectivity index (χ0v) is 9.16. The van der Waals surface area contributed by atoms with Gasteiger partial charge in [-0.25, -0.2) is 8.78 Å². The quantitative estimate of drug-likeness (QED) is 0.744. The summed E-state index contributed by atoms with van der Waals surface area (Å²) >= 11 is 8.59. The van der Waals surface area contributed by atoms with Crippen molar-refractivity contribution in [1.82, 2.24) is 4.98 Å². The molecule has 0 amide bonds. The Morgan fingerprint density at radius 1 is 1.62 bits per heavy atom. The van der Waals surface area contributed by atoms with E-state index in [2.05, 4.69) is 20.9 Å². The Morgan fingerprint density at radius 2 is 2.23 bits per heavy atom. The van der Waals surface area contributed by atoms with Crippen molar-refractivity contribution in [3.63, 3.8) is 0 Å². The van der Waals surface area contributed by atoms with Gasteiger partial charge < -0.3 is 0 Å². The van der Waals surface area contributed by atoms with Crippen molar-refractivity contribution in [1.29, 1.82) is 0 Å². The predicted molar refractivity (Wildman–Crippen MR) is 51.2 cm³/mol. The first kappa shape index (κ1) is 10.9. The highest BCUT2D eigenvalue weighted by molar-refractivity contribution is 9.10. The van der Waals surface area contributed by atoms with Crippen LogP contribution in [0.25, 0.3) is 0 Å². The molecule has 0 spiro atoms. The highest BCUT2D eigenvalue weighted by atomic mass is 79.9. The molecule has 1 heterocycles. The summed E-state index contributed by atoms with van der Waals surface area (Å²) < 4.78 is 25.2. The van der Waals surface area contributed by atoms with Gasteiger partial charge >= 0.3 is 0 Å². The lowest BCUT2D eigenvalue weighted by Crippen LogP contribution is -1.98. The lowest BCUT2D eigenvalue weighted by atomic mass is 10.2. The SMILES string of the molecule is Cc1nc(CCl)cc(Br)c1C(F)F. The van der Waals surface area contributed by atoms with Crippen LogP contribution >= 0.6 is 27.5 Å². The number of hydrogen-bond donors (Lipinski definition) is 0. The minimum atomic E-state index is -2.51. The molecular weight excluding hydrogens is 263 g/mol. The summed E-state index contributed by atoms with van der Waals surface area (Å²) in [5, 5.41) is 0. The van der Waals surface area contributed by atoms with E-state index in [1.54, 1.807) is 6.92 Å². The first-order valence-corrected chi connectivity index (χ1v) is 4.89. The average Bonchev–Trinajstić information content (AvgIpc) is 2.02. The molecule has 0 aliphatic rings. The maximum atomic E-state index is 12.4. The third kappa shape index (κ3) is 2.38. The number of alkyl halides is 3. The summed E-state index contributed by atoms with van der Waals surface area (Å²) in [4.78, 5) is 3.93. The molecule has 1 rings (SSSR count). The van der Waals surface area contributed by atoms with Gasteiger partial charge in [0.1, 0.15) is 0 Å². The molecule has 0 aromatic carbocycles. The first-order valence-electron chi connectivity index (χ1n) is 3.56. The Hall–Kier alpha value is -0.220. The second-order valence-corrected chi connectivity index (χ2v) is 3.65. The first-order chi connectivity index (χ1) is 6.06. The summed E-state index contributed by atoms with van der Waals surface area (Å²) in [6.45, 7) is 1.54. The van der Waals surface area contributed by atoms with Gasteiger partial charge in [0.15, 0.2) is 0 Å². The van der Waals surface area contributed by atoms with Gasteiger partial charge in [-0.1, -0.05) is 15.9 Å². The van der Waals surface area contributed by atoms with Crippen molar-refractivity contribution in [3.05, 3.63) is 27.5 Å². The van der Waals surface area contributed by atoms with Gasteiger partial charge in [-0.3, -0.25) is 4.98 Å². The van der Waals surface area contributed by atoms with Crippen molar-refractivity contribution < 1.29 is 8.78 Å². The summed E-state index contributed by atoms with van der Waals surface area (Å²) in [5.41, 5.74) is 0.851. The standard InChI is InChI=1S/C8H7BrClF2N/c1-4-7(8(11)12)6(9)2-5(3-10)13-4/h2,8H,3H2,1H3. The maximum Gasteiger partial charge on any atom is 0.266 e. The van der Waals surface area contributed by atoms with E-state index in [0.717, 1.165) is 0 Å². The van der Waals surface area contributed by atoms with Gasteiger partial charge in [0.05, 0.1) is 17.1 Å². The molecule has 5 heteroatoms. The maximum absolute atomic E-state index is 12.4. The van der Waals surface area contributed by atoms with E-state index in [0.29, 0.717) is 15.9 Å². The molecule has 1 aromatic heterocycles. The Bertz CT molecular complexity index is 294. The number of nitrogens with zero attached hydrogens (tertiary/aromatic N) is 1. The zero-order valence-electron chi connectivity index (χ0n) is 6.82. The average molecular weight is 271 g/mol. The second kappa shape index (κ2) is 4.33. The topological polar surface area (TPSA) is 12.9 Å². The molecule has 0 saturated heterocycles. The van der Waals surface area contributed by atoms with Gasteiger partial charge in [-0.2, -0.15) is 0 Å². The third-order valence-corrected chi connectivity index (χ3v) is 2.54. The molecule has 0 N–H and O–H groups in total.